The van der Waals surface area contributed by atoms with Gasteiger partial charge in [0.2, 0.25) is 0 Å². The second-order valence-corrected chi connectivity index (χ2v) is 3.69. The number of halogens is 1. The van der Waals surface area contributed by atoms with Gasteiger partial charge in [-0.3, -0.25) is 0 Å². The van der Waals surface area contributed by atoms with Crippen LogP contribution in [0, 0.1) is 0 Å². The molecule has 64 valence electrons. The van der Waals surface area contributed by atoms with E-state index in [1.165, 1.54) is 5.56 Å². The lowest BCUT2D eigenvalue weighted by Gasteiger charge is -1.96. The zero-order valence-corrected chi connectivity index (χ0v) is 8.58. The third kappa shape index (κ3) is 3.20. The summed E-state index contributed by atoms with van der Waals surface area (Å²) in [5.41, 5.74) is 6.75. The van der Waals surface area contributed by atoms with Crippen molar-refractivity contribution in [2.75, 3.05) is 0 Å². The molecule has 0 aliphatic heterocycles. The Morgan fingerprint density at radius 1 is 1.33 bits per heavy atom. The summed E-state index contributed by atoms with van der Waals surface area (Å²) in [5, 5.41) is 0. The minimum absolute atomic E-state index is 0.119. The summed E-state index contributed by atoms with van der Waals surface area (Å²) < 4.78 is 1.10. The van der Waals surface area contributed by atoms with E-state index in [-0.39, 0.29) is 6.04 Å². The summed E-state index contributed by atoms with van der Waals surface area (Å²) in [6.07, 6.45) is 4.00. The normalized spacial score (nSPS) is 13.6. The van der Waals surface area contributed by atoms with Crippen molar-refractivity contribution in [2.45, 2.75) is 13.0 Å². The first-order chi connectivity index (χ1) is 5.68. The van der Waals surface area contributed by atoms with Crippen LogP contribution >= 0.6 is 15.9 Å². The summed E-state index contributed by atoms with van der Waals surface area (Å²) >= 11 is 3.38. The molecule has 1 unspecified atom stereocenters. The molecular weight excluding hydrogens is 214 g/mol. The summed E-state index contributed by atoms with van der Waals surface area (Å²) in [4.78, 5) is 0. The second kappa shape index (κ2) is 4.43. The minimum Gasteiger partial charge on any atom is -0.325 e. The molecule has 12 heavy (non-hydrogen) atoms. The molecule has 2 N–H and O–H groups in total. The van der Waals surface area contributed by atoms with Crippen molar-refractivity contribution < 1.29 is 0 Å². The molecule has 0 aromatic heterocycles. The molecule has 0 fully saturated rings. The van der Waals surface area contributed by atoms with E-state index in [1.54, 1.807) is 0 Å². The zero-order valence-electron chi connectivity index (χ0n) is 7.00. The van der Waals surface area contributed by atoms with E-state index in [2.05, 4.69) is 15.9 Å². The Labute approximate surface area is 81.4 Å². The van der Waals surface area contributed by atoms with Crippen LogP contribution in [0.2, 0.25) is 0 Å². The predicted molar refractivity (Wildman–Crippen MR) is 56.8 cm³/mol. The van der Waals surface area contributed by atoms with Gasteiger partial charge in [-0.05, 0) is 24.6 Å². The SMILES string of the molecule is CC(N)/C=C/c1ccc(Br)cc1. The third-order valence-electron chi connectivity index (χ3n) is 1.46. The van der Waals surface area contributed by atoms with E-state index in [9.17, 15) is 0 Å². The highest BCUT2D eigenvalue weighted by Gasteiger charge is 1.88. The lowest BCUT2D eigenvalue weighted by atomic mass is 10.2. The van der Waals surface area contributed by atoms with Crippen molar-refractivity contribution in [1.29, 1.82) is 0 Å². The maximum absolute atomic E-state index is 5.57. The maximum Gasteiger partial charge on any atom is 0.0198 e. The van der Waals surface area contributed by atoms with Gasteiger partial charge in [0.25, 0.3) is 0 Å². The van der Waals surface area contributed by atoms with Crippen LogP contribution in [0.4, 0.5) is 0 Å². The highest BCUT2D eigenvalue weighted by atomic mass is 79.9. The molecule has 0 saturated carbocycles. The first kappa shape index (κ1) is 9.49. The molecule has 0 amide bonds. The first-order valence-corrected chi connectivity index (χ1v) is 4.67. The summed E-state index contributed by atoms with van der Waals surface area (Å²) in [6, 6.07) is 8.24. The summed E-state index contributed by atoms with van der Waals surface area (Å²) in [7, 11) is 0. The Balaban J connectivity index is 2.71. The Morgan fingerprint density at radius 2 is 1.92 bits per heavy atom. The van der Waals surface area contributed by atoms with E-state index in [4.69, 9.17) is 5.73 Å². The fourth-order valence-corrected chi connectivity index (χ4v) is 1.10. The molecule has 1 aromatic rings. The van der Waals surface area contributed by atoms with Crippen LogP contribution in [-0.4, -0.2) is 6.04 Å². The molecule has 1 atom stereocenters. The van der Waals surface area contributed by atoms with Gasteiger partial charge >= 0.3 is 0 Å². The molecule has 0 radical (unpaired) electrons. The third-order valence-corrected chi connectivity index (χ3v) is 1.99. The van der Waals surface area contributed by atoms with Gasteiger partial charge in [0.05, 0.1) is 0 Å². The Bertz CT molecular complexity index is 262. The number of hydrogen-bond acceptors (Lipinski definition) is 1. The average molecular weight is 226 g/mol. The van der Waals surface area contributed by atoms with Crippen LogP contribution in [-0.2, 0) is 0 Å². The van der Waals surface area contributed by atoms with Gasteiger partial charge in [-0.15, -0.1) is 0 Å². The van der Waals surface area contributed by atoms with E-state index in [0.29, 0.717) is 0 Å². The number of rotatable bonds is 2. The summed E-state index contributed by atoms with van der Waals surface area (Å²) in [5.74, 6) is 0. The van der Waals surface area contributed by atoms with Crippen LogP contribution < -0.4 is 5.73 Å². The number of nitrogens with two attached hydrogens (primary N) is 1. The van der Waals surface area contributed by atoms with E-state index < -0.39 is 0 Å². The Kier molecular flexibility index (Phi) is 3.50. The van der Waals surface area contributed by atoms with Gasteiger partial charge < -0.3 is 5.73 Å². The van der Waals surface area contributed by atoms with Crippen LogP contribution in [0.5, 0.6) is 0 Å². The Morgan fingerprint density at radius 3 is 2.42 bits per heavy atom. The molecule has 1 nitrogen and oxygen atoms in total. The lowest BCUT2D eigenvalue weighted by molar-refractivity contribution is 0.931. The fourth-order valence-electron chi connectivity index (χ4n) is 0.837. The van der Waals surface area contributed by atoms with Crippen molar-refractivity contribution in [3.8, 4) is 0 Å². The van der Waals surface area contributed by atoms with E-state index >= 15 is 0 Å². The standard InChI is InChI=1S/C10H12BrN/c1-8(12)2-3-9-4-6-10(11)7-5-9/h2-8H,12H2,1H3/b3-2+. The van der Waals surface area contributed by atoms with E-state index in [0.717, 1.165) is 4.47 Å². The van der Waals surface area contributed by atoms with Crippen LogP contribution in [0.25, 0.3) is 6.08 Å². The van der Waals surface area contributed by atoms with Crippen LogP contribution in [0.1, 0.15) is 12.5 Å². The molecular formula is C10H12BrN. The van der Waals surface area contributed by atoms with Crippen molar-refractivity contribution in [2.24, 2.45) is 5.73 Å². The van der Waals surface area contributed by atoms with Crippen LogP contribution in [0.15, 0.2) is 34.8 Å². The minimum atomic E-state index is 0.119. The van der Waals surface area contributed by atoms with Crippen LogP contribution in [0.3, 0.4) is 0 Å². The second-order valence-electron chi connectivity index (χ2n) is 2.77. The Hall–Kier alpha value is -0.600. The lowest BCUT2D eigenvalue weighted by Crippen LogP contribution is -2.09. The molecule has 0 spiro atoms. The van der Waals surface area contributed by atoms with Gasteiger partial charge in [0, 0.05) is 10.5 Å². The highest BCUT2D eigenvalue weighted by Crippen LogP contribution is 2.11. The molecule has 2 heteroatoms. The van der Waals surface area contributed by atoms with Gasteiger partial charge in [0.1, 0.15) is 0 Å². The van der Waals surface area contributed by atoms with Crippen molar-refractivity contribution in [3.05, 3.63) is 40.4 Å². The molecule has 1 rings (SSSR count). The quantitative estimate of drug-likeness (QED) is 0.824. The molecule has 1 aromatic carbocycles. The van der Waals surface area contributed by atoms with Gasteiger partial charge in [-0.2, -0.15) is 0 Å². The molecule has 0 heterocycles. The smallest absolute Gasteiger partial charge is 0.0198 e. The molecule has 0 aliphatic carbocycles. The molecule has 0 aliphatic rings. The number of hydrogen-bond donors (Lipinski definition) is 1. The highest BCUT2D eigenvalue weighted by molar-refractivity contribution is 9.10. The van der Waals surface area contributed by atoms with Crippen molar-refractivity contribution in [1.82, 2.24) is 0 Å². The van der Waals surface area contributed by atoms with Crippen molar-refractivity contribution in [3.63, 3.8) is 0 Å². The number of benzene rings is 1. The fraction of sp³-hybridized carbons (Fsp3) is 0.200. The molecule has 0 saturated heterocycles. The first-order valence-electron chi connectivity index (χ1n) is 3.88. The zero-order chi connectivity index (χ0) is 8.97. The van der Waals surface area contributed by atoms with Gasteiger partial charge in [-0.25, -0.2) is 0 Å². The molecule has 0 bridgehead atoms. The van der Waals surface area contributed by atoms with E-state index in [1.807, 2.05) is 43.3 Å². The van der Waals surface area contributed by atoms with Crippen molar-refractivity contribution >= 4 is 22.0 Å². The maximum atomic E-state index is 5.57. The van der Waals surface area contributed by atoms with Gasteiger partial charge in [0.15, 0.2) is 0 Å². The largest absolute Gasteiger partial charge is 0.325 e. The monoisotopic (exact) mass is 225 g/mol. The average Bonchev–Trinajstić information content (AvgIpc) is 2.03. The van der Waals surface area contributed by atoms with Gasteiger partial charge in [-0.1, -0.05) is 40.2 Å². The predicted octanol–water partition coefficient (Wildman–Crippen LogP) is 2.81. The summed E-state index contributed by atoms with van der Waals surface area (Å²) in [6.45, 7) is 1.95. The topological polar surface area (TPSA) is 26.0 Å².